The third-order valence-electron chi connectivity index (χ3n) is 3.66. The fraction of sp³-hybridized carbons (Fsp3) is 0.929. The van der Waals surface area contributed by atoms with Gasteiger partial charge in [-0.1, -0.05) is 48.5 Å². The highest BCUT2D eigenvalue weighted by Gasteiger charge is 2.19. The highest BCUT2D eigenvalue weighted by Crippen LogP contribution is 2.22. The summed E-state index contributed by atoms with van der Waals surface area (Å²) in [5.74, 6) is 1.31. The van der Waals surface area contributed by atoms with Crippen molar-refractivity contribution in [2.75, 3.05) is 11.9 Å². The molecule has 0 saturated heterocycles. The standard InChI is InChI=1S/C14H26BrNO/c1-12(11-15)7-6-10-16-14(17)13-8-4-2-3-5-9-13/h12-13H,2-11H2,1H3,(H,16,17). The molecule has 1 aliphatic rings. The molecule has 1 rings (SSSR count). The molecule has 2 nitrogen and oxygen atoms in total. The van der Waals surface area contributed by atoms with E-state index in [0.29, 0.717) is 17.7 Å². The molecule has 3 heteroatoms. The van der Waals surface area contributed by atoms with Crippen molar-refractivity contribution in [2.24, 2.45) is 11.8 Å². The van der Waals surface area contributed by atoms with E-state index in [-0.39, 0.29) is 0 Å². The summed E-state index contributed by atoms with van der Waals surface area (Å²) in [6.45, 7) is 3.09. The van der Waals surface area contributed by atoms with Crippen LogP contribution in [0.25, 0.3) is 0 Å². The summed E-state index contributed by atoms with van der Waals surface area (Å²) in [6.07, 6.45) is 9.59. The van der Waals surface area contributed by atoms with Crippen LogP contribution in [0.1, 0.15) is 58.3 Å². The quantitative estimate of drug-likeness (QED) is 0.450. The molecule has 0 spiro atoms. The van der Waals surface area contributed by atoms with Gasteiger partial charge in [-0.3, -0.25) is 4.79 Å². The molecule has 0 aromatic rings. The summed E-state index contributed by atoms with van der Waals surface area (Å²) in [5, 5.41) is 4.16. The van der Waals surface area contributed by atoms with Gasteiger partial charge in [0.05, 0.1) is 0 Å². The minimum Gasteiger partial charge on any atom is -0.356 e. The van der Waals surface area contributed by atoms with Crippen molar-refractivity contribution >= 4 is 21.8 Å². The molecule has 1 unspecified atom stereocenters. The minimum atomic E-state index is 0.297. The second-order valence-electron chi connectivity index (χ2n) is 5.38. The first-order chi connectivity index (χ1) is 8.24. The number of halogens is 1. The van der Waals surface area contributed by atoms with Gasteiger partial charge in [-0.2, -0.15) is 0 Å². The van der Waals surface area contributed by atoms with Crippen molar-refractivity contribution in [1.29, 1.82) is 0 Å². The van der Waals surface area contributed by atoms with Gasteiger partial charge in [0, 0.05) is 17.8 Å². The normalized spacial score (nSPS) is 19.6. The van der Waals surface area contributed by atoms with Gasteiger partial charge in [-0.25, -0.2) is 0 Å². The molecule has 0 aromatic heterocycles. The molecule has 1 fully saturated rings. The zero-order chi connectivity index (χ0) is 12.5. The zero-order valence-corrected chi connectivity index (χ0v) is 12.6. The lowest BCUT2D eigenvalue weighted by molar-refractivity contribution is -0.125. The molecular weight excluding hydrogens is 278 g/mol. The van der Waals surface area contributed by atoms with Crippen LogP contribution in [0.5, 0.6) is 0 Å². The van der Waals surface area contributed by atoms with Crippen LogP contribution < -0.4 is 5.32 Å². The lowest BCUT2D eigenvalue weighted by Crippen LogP contribution is -2.31. The highest BCUT2D eigenvalue weighted by atomic mass is 79.9. The van der Waals surface area contributed by atoms with E-state index in [0.717, 1.165) is 31.1 Å². The third kappa shape index (κ3) is 6.44. The minimum absolute atomic E-state index is 0.297. The Hall–Kier alpha value is -0.0500. The maximum absolute atomic E-state index is 11.9. The van der Waals surface area contributed by atoms with Crippen LogP contribution in [-0.2, 0) is 4.79 Å². The number of carbonyl (C=O) groups excluding carboxylic acids is 1. The van der Waals surface area contributed by atoms with Crippen LogP contribution >= 0.6 is 15.9 Å². The SMILES string of the molecule is CC(CBr)CCCNC(=O)C1CCCCCC1. The van der Waals surface area contributed by atoms with Crippen molar-refractivity contribution < 1.29 is 4.79 Å². The molecule has 1 atom stereocenters. The first-order valence-corrected chi connectivity index (χ1v) is 8.20. The van der Waals surface area contributed by atoms with Crippen molar-refractivity contribution in [1.82, 2.24) is 5.32 Å². The van der Waals surface area contributed by atoms with E-state index in [9.17, 15) is 4.79 Å². The Kier molecular flexibility index (Phi) is 7.91. The molecule has 1 aliphatic carbocycles. The highest BCUT2D eigenvalue weighted by molar-refractivity contribution is 9.09. The summed E-state index contributed by atoms with van der Waals surface area (Å²) in [4.78, 5) is 11.9. The molecule has 0 heterocycles. The van der Waals surface area contributed by atoms with Gasteiger partial charge in [0.2, 0.25) is 5.91 Å². The number of rotatable bonds is 6. The number of carbonyl (C=O) groups is 1. The van der Waals surface area contributed by atoms with E-state index >= 15 is 0 Å². The van der Waals surface area contributed by atoms with Gasteiger partial charge < -0.3 is 5.32 Å². The maximum Gasteiger partial charge on any atom is 0.223 e. The van der Waals surface area contributed by atoms with Crippen LogP contribution in [0.15, 0.2) is 0 Å². The second kappa shape index (κ2) is 8.96. The first kappa shape index (κ1) is 15.0. The predicted molar refractivity (Wildman–Crippen MR) is 76.4 cm³/mol. The first-order valence-electron chi connectivity index (χ1n) is 7.07. The topological polar surface area (TPSA) is 29.1 Å². The van der Waals surface area contributed by atoms with Gasteiger partial charge in [0.25, 0.3) is 0 Å². The molecule has 17 heavy (non-hydrogen) atoms. The smallest absolute Gasteiger partial charge is 0.223 e. The van der Waals surface area contributed by atoms with E-state index < -0.39 is 0 Å². The lowest BCUT2D eigenvalue weighted by Gasteiger charge is -2.14. The van der Waals surface area contributed by atoms with Crippen LogP contribution in [0.2, 0.25) is 0 Å². The largest absolute Gasteiger partial charge is 0.356 e. The van der Waals surface area contributed by atoms with E-state index in [4.69, 9.17) is 0 Å². The number of nitrogens with one attached hydrogen (secondary N) is 1. The average Bonchev–Trinajstić information content (AvgIpc) is 2.62. The third-order valence-corrected chi connectivity index (χ3v) is 4.77. The van der Waals surface area contributed by atoms with E-state index in [2.05, 4.69) is 28.2 Å². The van der Waals surface area contributed by atoms with E-state index in [1.165, 1.54) is 32.1 Å². The molecule has 0 bridgehead atoms. The van der Waals surface area contributed by atoms with Crippen LogP contribution in [0, 0.1) is 11.8 Å². The molecule has 100 valence electrons. The van der Waals surface area contributed by atoms with Crippen molar-refractivity contribution in [2.45, 2.75) is 58.3 Å². The van der Waals surface area contributed by atoms with E-state index in [1.54, 1.807) is 0 Å². The fourth-order valence-corrected chi connectivity index (χ4v) is 2.75. The summed E-state index contributed by atoms with van der Waals surface area (Å²) in [6, 6.07) is 0. The molecule has 0 aliphatic heterocycles. The lowest BCUT2D eigenvalue weighted by atomic mass is 9.99. The van der Waals surface area contributed by atoms with Crippen molar-refractivity contribution in [3.8, 4) is 0 Å². The molecular formula is C14H26BrNO. The molecule has 1 amide bonds. The number of amides is 1. The Bertz CT molecular complexity index is 212. The molecule has 1 N–H and O–H groups in total. The van der Waals surface area contributed by atoms with Crippen molar-refractivity contribution in [3.05, 3.63) is 0 Å². The number of hydrogen-bond acceptors (Lipinski definition) is 1. The maximum atomic E-state index is 11.9. The second-order valence-corrected chi connectivity index (χ2v) is 6.03. The molecule has 1 saturated carbocycles. The Labute approximate surface area is 114 Å². The Morgan fingerprint density at radius 1 is 1.29 bits per heavy atom. The Morgan fingerprint density at radius 3 is 2.53 bits per heavy atom. The van der Waals surface area contributed by atoms with Gasteiger partial charge in [0.1, 0.15) is 0 Å². The monoisotopic (exact) mass is 303 g/mol. The summed E-state index contributed by atoms with van der Waals surface area (Å²) >= 11 is 3.48. The average molecular weight is 304 g/mol. The zero-order valence-electron chi connectivity index (χ0n) is 11.0. The van der Waals surface area contributed by atoms with Crippen LogP contribution in [0.4, 0.5) is 0 Å². The molecule has 0 aromatic carbocycles. The summed E-state index contributed by atoms with van der Waals surface area (Å²) in [7, 11) is 0. The number of alkyl halides is 1. The number of hydrogen-bond donors (Lipinski definition) is 1. The Morgan fingerprint density at radius 2 is 1.94 bits per heavy atom. The predicted octanol–water partition coefficient (Wildman–Crippen LogP) is 3.88. The van der Waals surface area contributed by atoms with Gasteiger partial charge in [0.15, 0.2) is 0 Å². The van der Waals surface area contributed by atoms with Crippen LogP contribution in [0.3, 0.4) is 0 Å². The summed E-state index contributed by atoms with van der Waals surface area (Å²) in [5.41, 5.74) is 0. The Balaban J connectivity index is 2.11. The van der Waals surface area contributed by atoms with Gasteiger partial charge in [-0.05, 0) is 31.6 Å². The van der Waals surface area contributed by atoms with Gasteiger partial charge >= 0.3 is 0 Å². The van der Waals surface area contributed by atoms with Gasteiger partial charge in [-0.15, -0.1) is 0 Å². The van der Waals surface area contributed by atoms with Crippen molar-refractivity contribution in [3.63, 3.8) is 0 Å². The summed E-state index contributed by atoms with van der Waals surface area (Å²) < 4.78 is 0. The van der Waals surface area contributed by atoms with E-state index in [1.807, 2.05) is 0 Å². The fourth-order valence-electron chi connectivity index (χ4n) is 2.43. The van der Waals surface area contributed by atoms with Crippen LogP contribution in [-0.4, -0.2) is 17.8 Å². The molecule has 0 radical (unpaired) electrons.